The van der Waals surface area contributed by atoms with Crippen molar-refractivity contribution in [2.75, 3.05) is 12.5 Å². The van der Waals surface area contributed by atoms with Gasteiger partial charge >= 0.3 is 0 Å². The van der Waals surface area contributed by atoms with Crippen LogP contribution in [0.2, 0.25) is 0 Å². The minimum absolute atomic E-state index is 0.0575. The Morgan fingerprint density at radius 3 is 2.91 bits per heavy atom. The number of hydrogen-bond donors (Lipinski definition) is 1. The molecule has 1 aromatic rings. The first-order valence-electron chi connectivity index (χ1n) is 7.55. The molecule has 0 saturated heterocycles. The second-order valence-electron chi connectivity index (χ2n) is 5.98. The van der Waals surface area contributed by atoms with Gasteiger partial charge in [-0.25, -0.2) is 0 Å². The van der Waals surface area contributed by atoms with Crippen LogP contribution in [-0.2, 0) is 4.79 Å². The zero-order chi connectivity index (χ0) is 16.4. The summed E-state index contributed by atoms with van der Waals surface area (Å²) in [4.78, 5) is 12.1. The highest BCUT2D eigenvalue weighted by Crippen LogP contribution is 2.40. The molecule has 1 atom stereocenters. The van der Waals surface area contributed by atoms with Crippen LogP contribution in [0, 0.1) is 17.2 Å². The number of hydrogen-bond acceptors (Lipinski definition) is 5. The number of nitrogens with zero attached hydrogens (tertiary/aromatic N) is 1. The number of nitriles is 1. The Balaban J connectivity index is 1.94. The predicted octanol–water partition coefficient (Wildman–Crippen LogP) is 3.14. The first-order chi connectivity index (χ1) is 11.1. The molecule has 23 heavy (non-hydrogen) atoms. The topological polar surface area (TPSA) is 71.3 Å². The Labute approximate surface area is 139 Å². The van der Waals surface area contributed by atoms with Crippen molar-refractivity contribution in [2.24, 2.45) is 5.92 Å². The molecule has 0 spiro atoms. The number of amides is 1. The van der Waals surface area contributed by atoms with Gasteiger partial charge in [0.05, 0.1) is 16.7 Å². The maximum atomic E-state index is 12.1. The van der Waals surface area contributed by atoms with Crippen LogP contribution >= 0.6 is 11.8 Å². The maximum absolute atomic E-state index is 12.1. The zero-order valence-electron chi connectivity index (χ0n) is 13.1. The lowest BCUT2D eigenvalue weighted by atomic mass is 9.87. The standard InChI is InChI=1S/C17H18N2O3S/c1-10(2)8-23-17-13(7-18)12(6-16(20)19-17)11-3-4-14-15(5-11)22-9-21-14/h3-5,10,12H,6,8-9H2,1-2H3,(H,19,20). The highest BCUT2D eigenvalue weighted by molar-refractivity contribution is 8.03. The van der Waals surface area contributed by atoms with E-state index in [4.69, 9.17) is 9.47 Å². The summed E-state index contributed by atoms with van der Waals surface area (Å²) in [6.07, 6.45) is 0.272. The molecule has 1 amide bonds. The molecular weight excluding hydrogens is 312 g/mol. The summed E-state index contributed by atoms with van der Waals surface area (Å²) < 4.78 is 10.7. The Hall–Kier alpha value is -2.13. The summed E-state index contributed by atoms with van der Waals surface area (Å²) in [5.74, 6) is 2.41. The van der Waals surface area contributed by atoms with E-state index in [1.807, 2.05) is 18.2 Å². The number of carbonyl (C=O) groups is 1. The Morgan fingerprint density at radius 1 is 1.39 bits per heavy atom. The molecule has 1 unspecified atom stereocenters. The summed E-state index contributed by atoms with van der Waals surface area (Å²) in [6.45, 7) is 4.43. The van der Waals surface area contributed by atoms with E-state index in [1.54, 1.807) is 0 Å². The van der Waals surface area contributed by atoms with Crippen LogP contribution in [0.4, 0.5) is 0 Å². The lowest BCUT2D eigenvalue weighted by Gasteiger charge is -2.25. The van der Waals surface area contributed by atoms with E-state index in [1.165, 1.54) is 11.8 Å². The van der Waals surface area contributed by atoms with Gasteiger partial charge in [0.15, 0.2) is 11.5 Å². The molecule has 1 N–H and O–H groups in total. The molecule has 1 aromatic carbocycles. The molecule has 6 heteroatoms. The normalized spacial score (nSPS) is 19.7. The van der Waals surface area contributed by atoms with Crippen molar-refractivity contribution in [3.8, 4) is 17.6 Å². The van der Waals surface area contributed by atoms with Crippen LogP contribution in [0.25, 0.3) is 0 Å². The average Bonchev–Trinajstić information content (AvgIpc) is 2.99. The summed E-state index contributed by atoms with van der Waals surface area (Å²) >= 11 is 1.54. The van der Waals surface area contributed by atoms with Crippen LogP contribution in [-0.4, -0.2) is 18.5 Å². The van der Waals surface area contributed by atoms with E-state index in [9.17, 15) is 10.1 Å². The summed E-state index contributed by atoms with van der Waals surface area (Å²) in [5, 5.41) is 13.1. The molecule has 0 aliphatic carbocycles. The molecule has 2 aliphatic heterocycles. The molecule has 3 rings (SSSR count). The van der Waals surface area contributed by atoms with Gasteiger partial charge in [0.1, 0.15) is 0 Å². The average molecular weight is 330 g/mol. The third-order valence-electron chi connectivity index (χ3n) is 3.72. The quantitative estimate of drug-likeness (QED) is 0.918. The number of thioether (sulfide) groups is 1. The number of carbonyl (C=O) groups excluding carboxylic acids is 1. The Morgan fingerprint density at radius 2 is 2.17 bits per heavy atom. The molecule has 0 fully saturated rings. The number of nitrogens with one attached hydrogen (secondary N) is 1. The van der Waals surface area contributed by atoms with Crippen molar-refractivity contribution in [3.63, 3.8) is 0 Å². The van der Waals surface area contributed by atoms with Crippen LogP contribution in [0.3, 0.4) is 0 Å². The van der Waals surface area contributed by atoms with Crippen LogP contribution < -0.4 is 14.8 Å². The van der Waals surface area contributed by atoms with Crippen LogP contribution in [0.15, 0.2) is 28.8 Å². The molecule has 0 saturated carbocycles. The second kappa shape index (κ2) is 6.55. The number of fused-ring (bicyclic) bond motifs is 1. The summed E-state index contributed by atoms with van der Waals surface area (Å²) in [6, 6.07) is 7.89. The molecule has 0 radical (unpaired) electrons. The van der Waals surface area contributed by atoms with Gasteiger partial charge in [-0.2, -0.15) is 5.26 Å². The third kappa shape index (κ3) is 3.30. The highest BCUT2D eigenvalue weighted by Gasteiger charge is 2.30. The molecule has 2 heterocycles. The monoisotopic (exact) mass is 330 g/mol. The smallest absolute Gasteiger partial charge is 0.231 e. The molecule has 2 aliphatic rings. The largest absolute Gasteiger partial charge is 0.454 e. The molecule has 0 bridgehead atoms. The van der Waals surface area contributed by atoms with E-state index in [0.717, 1.165) is 11.3 Å². The van der Waals surface area contributed by atoms with Crippen LogP contribution in [0.1, 0.15) is 31.7 Å². The summed E-state index contributed by atoms with van der Waals surface area (Å²) in [5.41, 5.74) is 1.53. The van der Waals surface area contributed by atoms with Crippen molar-refractivity contribution < 1.29 is 14.3 Å². The highest BCUT2D eigenvalue weighted by atomic mass is 32.2. The van der Waals surface area contributed by atoms with Gasteiger partial charge in [-0.3, -0.25) is 4.79 Å². The van der Waals surface area contributed by atoms with Gasteiger partial charge in [-0.15, -0.1) is 11.8 Å². The van der Waals surface area contributed by atoms with Crippen molar-refractivity contribution in [1.29, 1.82) is 5.26 Å². The second-order valence-corrected chi connectivity index (χ2v) is 7.01. The van der Waals surface area contributed by atoms with E-state index in [0.29, 0.717) is 28.0 Å². The van der Waals surface area contributed by atoms with E-state index in [2.05, 4.69) is 25.2 Å². The number of allylic oxidation sites excluding steroid dienone is 1. The van der Waals surface area contributed by atoms with Gasteiger partial charge in [0.2, 0.25) is 12.7 Å². The fourth-order valence-electron chi connectivity index (χ4n) is 2.60. The van der Waals surface area contributed by atoms with Gasteiger partial charge in [-0.1, -0.05) is 19.9 Å². The van der Waals surface area contributed by atoms with Gasteiger partial charge in [0.25, 0.3) is 0 Å². The Kier molecular flexibility index (Phi) is 4.49. The number of benzene rings is 1. The van der Waals surface area contributed by atoms with Gasteiger partial charge in [0, 0.05) is 18.1 Å². The molecule has 0 aromatic heterocycles. The third-order valence-corrected chi connectivity index (χ3v) is 5.16. The van der Waals surface area contributed by atoms with E-state index in [-0.39, 0.29) is 25.0 Å². The molecule has 5 nitrogen and oxygen atoms in total. The minimum atomic E-state index is -0.238. The zero-order valence-corrected chi connectivity index (χ0v) is 13.9. The minimum Gasteiger partial charge on any atom is -0.454 e. The lowest BCUT2D eigenvalue weighted by Crippen LogP contribution is -2.31. The Bertz CT molecular complexity index is 706. The summed E-state index contributed by atoms with van der Waals surface area (Å²) in [7, 11) is 0. The first kappa shape index (κ1) is 15.8. The van der Waals surface area contributed by atoms with E-state index >= 15 is 0 Å². The van der Waals surface area contributed by atoms with Gasteiger partial charge < -0.3 is 14.8 Å². The number of ether oxygens (including phenoxy) is 2. The molecular formula is C17H18N2O3S. The SMILES string of the molecule is CC(C)CSC1=C(C#N)C(c2ccc3c(c2)OCO3)CC(=O)N1. The van der Waals surface area contributed by atoms with E-state index < -0.39 is 0 Å². The van der Waals surface area contributed by atoms with Crippen molar-refractivity contribution in [2.45, 2.75) is 26.2 Å². The maximum Gasteiger partial charge on any atom is 0.231 e. The predicted molar refractivity (Wildman–Crippen MR) is 88.0 cm³/mol. The lowest BCUT2D eigenvalue weighted by molar-refractivity contribution is -0.120. The first-order valence-corrected chi connectivity index (χ1v) is 8.53. The van der Waals surface area contributed by atoms with Crippen molar-refractivity contribution in [3.05, 3.63) is 34.4 Å². The van der Waals surface area contributed by atoms with Crippen molar-refractivity contribution in [1.82, 2.24) is 5.32 Å². The van der Waals surface area contributed by atoms with Crippen molar-refractivity contribution >= 4 is 17.7 Å². The number of rotatable bonds is 4. The fraction of sp³-hybridized carbons (Fsp3) is 0.412. The van der Waals surface area contributed by atoms with Gasteiger partial charge in [-0.05, 0) is 23.6 Å². The van der Waals surface area contributed by atoms with Crippen LogP contribution in [0.5, 0.6) is 11.5 Å². The fourth-order valence-corrected chi connectivity index (χ4v) is 3.63. The molecule has 120 valence electrons.